The number of carbonyl (C=O) groups is 2. The van der Waals surface area contributed by atoms with E-state index in [4.69, 9.17) is 4.74 Å². The third-order valence-corrected chi connectivity index (χ3v) is 2.85. The summed E-state index contributed by atoms with van der Waals surface area (Å²) in [5.41, 5.74) is 1.35. The first-order valence-corrected chi connectivity index (χ1v) is 6.28. The number of carbonyl (C=O) groups excluding carboxylic acids is 2. The van der Waals surface area contributed by atoms with Gasteiger partial charge in [0.1, 0.15) is 11.4 Å². The Labute approximate surface area is 115 Å². The van der Waals surface area contributed by atoms with Gasteiger partial charge in [-0.3, -0.25) is 4.79 Å². The molecule has 0 saturated carbocycles. The molecule has 20 heavy (non-hydrogen) atoms. The average Bonchev–Trinajstić information content (AvgIpc) is 2.79. The molecular weight excluding hydrogens is 263 g/mol. The minimum atomic E-state index is -0.635. The SMILES string of the molecule is CCOC(=O)C1=C(NCc2ccc(F)cc2)CNC1=O. The van der Waals surface area contributed by atoms with Crippen molar-refractivity contribution in [3.8, 4) is 0 Å². The first-order valence-electron chi connectivity index (χ1n) is 6.28. The van der Waals surface area contributed by atoms with E-state index >= 15 is 0 Å². The molecule has 1 heterocycles. The second-order valence-electron chi connectivity index (χ2n) is 4.24. The molecule has 1 aromatic carbocycles. The highest BCUT2D eigenvalue weighted by atomic mass is 19.1. The maximum atomic E-state index is 12.8. The third kappa shape index (κ3) is 3.14. The summed E-state index contributed by atoms with van der Waals surface area (Å²) in [6.45, 7) is 2.54. The zero-order valence-corrected chi connectivity index (χ0v) is 11.0. The second-order valence-corrected chi connectivity index (χ2v) is 4.24. The van der Waals surface area contributed by atoms with Crippen LogP contribution in [0.1, 0.15) is 12.5 Å². The van der Waals surface area contributed by atoms with E-state index in [0.29, 0.717) is 12.2 Å². The smallest absolute Gasteiger partial charge is 0.345 e. The van der Waals surface area contributed by atoms with Crippen LogP contribution in [0.15, 0.2) is 35.5 Å². The number of nitrogens with one attached hydrogen (secondary N) is 2. The summed E-state index contributed by atoms with van der Waals surface area (Å²) in [7, 11) is 0. The van der Waals surface area contributed by atoms with Gasteiger partial charge >= 0.3 is 5.97 Å². The maximum absolute atomic E-state index is 12.8. The Kier molecular flexibility index (Phi) is 4.34. The topological polar surface area (TPSA) is 67.4 Å². The quantitative estimate of drug-likeness (QED) is 0.619. The van der Waals surface area contributed by atoms with E-state index in [2.05, 4.69) is 10.6 Å². The minimum Gasteiger partial charge on any atom is -0.462 e. The molecule has 1 amide bonds. The van der Waals surface area contributed by atoms with Gasteiger partial charge in [0.2, 0.25) is 0 Å². The zero-order chi connectivity index (χ0) is 14.5. The Morgan fingerprint density at radius 1 is 1.40 bits per heavy atom. The molecule has 2 rings (SSSR count). The van der Waals surface area contributed by atoms with Gasteiger partial charge in [-0.05, 0) is 24.6 Å². The fourth-order valence-corrected chi connectivity index (χ4v) is 1.86. The molecular formula is C14H15FN2O3. The van der Waals surface area contributed by atoms with Crippen molar-refractivity contribution >= 4 is 11.9 Å². The lowest BCUT2D eigenvalue weighted by Gasteiger charge is -2.08. The van der Waals surface area contributed by atoms with Crippen LogP contribution in [-0.4, -0.2) is 25.0 Å². The molecule has 0 fully saturated rings. The van der Waals surface area contributed by atoms with Crippen molar-refractivity contribution in [2.24, 2.45) is 0 Å². The summed E-state index contributed by atoms with van der Waals surface area (Å²) in [5.74, 6) is -1.38. The molecule has 5 nitrogen and oxygen atoms in total. The monoisotopic (exact) mass is 278 g/mol. The normalized spacial score (nSPS) is 14.2. The van der Waals surface area contributed by atoms with Crippen LogP contribution in [0.3, 0.4) is 0 Å². The van der Waals surface area contributed by atoms with Gasteiger partial charge in [-0.15, -0.1) is 0 Å². The third-order valence-electron chi connectivity index (χ3n) is 2.85. The van der Waals surface area contributed by atoms with Gasteiger partial charge in [-0.2, -0.15) is 0 Å². The van der Waals surface area contributed by atoms with Gasteiger partial charge in [-0.25, -0.2) is 9.18 Å². The fraction of sp³-hybridized carbons (Fsp3) is 0.286. The van der Waals surface area contributed by atoms with Crippen molar-refractivity contribution in [3.63, 3.8) is 0 Å². The van der Waals surface area contributed by atoms with Crippen molar-refractivity contribution in [1.82, 2.24) is 10.6 Å². The number of esters is 1. The molecule has 0 radical (unpaired) electrons. The second kappa shape index (κ2) is 6.18. The first kappa shape index (κ1) is 14.0. The molecule has 1 aromatic rings. The Morgan fingerprint density at radius 3 is 2.75 bits per heavy atom. The molecule has 0 bridgehead atoms. The van der Waals surface area contributed by atoms with Crippen molar-refractivity contribution in [2.45, 2.75) is 13.5 Å². The highest BCUT2D eigenvalue weighted by Gasteiger charge is 2.29. The molecule has 0 spiro atoms. The van der Waals surface area contributed by atoms with Gasteiger partial charge in [0.05, 0.1) is 18.8 Å². The van der Waals surface area contributed by atoms with Crippen LogP contribution in [0, 0.1) is 5.82 Å². The number of amides is 1. The first-order chi connectivity index (χ1) is 9.61. The summed E-state index contributed by atoms with van der Waals surface area (Å²) in [4.78, 5) is 23.3. The van der Waals surface area contributed by atoms with Crippen molar-refractivity contribution in [3.05, 3.63) is 46.9 Å². The summed E-state index contributed by atoms with van der Waals surface area (Å²) >= 11 is 0. The van der Waals surface area contributed by atoms with E-state index in [0.717, 1.165) is 5.56 Å². The van der Waals surface area contributed by atoms with Gasteiger partial charge in [0.15, 0.2) is 0 Å². The Balaban J connectivity index is 2.07. The molecule has 1 aliphatic heterocycles. The fourth-order valence-electron chi connectivity index (χ4n) is 1.86. The number of rotatable bonds is 5. The average molecular weight is 278 g/mol. The Hall–Kier alpha value is -2.37. The van der Waals surface area contributed by atoms with E-state index in [1.807, 2.05) is 0 Å². The summed E-state index contributed by atoms with van der Waals surface area (Å²) in [5, 5.41) is 5.58. The lowest BCUT2D eigenvalue weighted by Crippen LogP contribution is -2.22. The van der Waals surface area contributed by atoms with E-state index in [-0.39, 0.29) is 24.5 Å². The molecule has 0 aromatic heterocycles. The van der Waals surface area contributed by atoms with E-state index < -0.39 is 11.9 Å². The highest BCUT2D eigenvalue weighted by Crippen LogP contribution is 2.12. The number of hydrogen-bond donors (Lipinski definition) is 2. The van der Waals surface area contributed by atoms with Gasteiger partial charge in [0, 0.05) is 6.54 Å². The lowest BCUT2D eigenvalue weighted by molar-refractivity contribution is -0.140. The largest absolute Gasteiger partial charge is 0.462 e. The molecule has 106 valence electrons. The van der Waals surface area contributed by atoms with E-state index in [9.17, 15) is 14.0 Å². The zero-order valence-electron chi connectivity index (χ0n) is 11.0. The van der Waals surface area contributed by atoms with Crippen molar-refractivity contribution in [2.75, 3.05) is 13.2 Å². The molecule has 0 saturated heterocycles. The van der Waals surface area contributed by atoms with Crippen molar-refractivity contribution in [1.29, 1.82) is 0 Å². The van der Waals surface area contributed by atoms with E-state index in [1.54, 1.807) is 19.1 Å². The number of halogens is 1. The Bertz CT molecular complexity index is 552. The van der Waals surface area contributed by atoms with Gasteiger partial charge in [-0.1, -0.05) is 12.1 Å². The van der Waals surface area contributed by atoms with Gasteiger partial charge in [0.25, 0.3) is 5.91 Å². The van der Waals surface area contributed by atoms with Crippen LogP contribution in [0.4, 0.5) is 4.39 Å². The van der Waals surface area contributed by atoms with Crippen LogP contribution in [0.5, 0.6) is 0 Å². The molecule has 2 N–H and O–H groups in total. The van der Waals surface area contributed by atoms with E-state index in [1.165, 1.54) is 12.1 Å². The van der Waals surface area contributed by atoms with Crippen LogP contribution in [-0.2, 0) is 20.9 Å². The summed E-state index contributed by atoms with van der Waals surface area (Å²) in [6, 6.07) is 5.99. The predicted molar refractivity (Wildman–Crippen MR) is 69.9 cm³/mol. The number of hydrogen-bond acceptors (Lipinski definition) is 4. The lowest BCUT2D eigenvalue weighted by atomic mass is 10.2. The van der Waals surface area contributed by atoms with Crippen LogP contribution in [0.25, 0.3) is 0 Å². The molecule has 0 unspecified atom stereocenters. The number of benzene rings is 1. The maximum Gasteiger partial charge on any atom is 0.345 e. The molecule has 6 heteroatoms. The summed E-state index contributed by atoms with van der Waals surface area (Å²) < 4.78 is 17.6. The van der Waals surface area contributed by atoms with Crippen LogP contribution >= 0.6 is 0 Å². The minimum absolute atomic E-state index is 0.00830. The van der Waals surface area contributed by atoms with Crippen molar-refractivity contribution < 1.29 is 18.7 Å². The molecule has 0 atom stereocenters. The highest BCUT2D eigenvalue weighted by molar-refractivity contribution is 6.18. The Morgan fingerprint density at radius 2 is 2.10 bits per heavy atom. The molecule has 1 aliphatic rings. The van der Waals surface area contributed by atoms with Gasteiger partial charge < -0.3 is 15.4 Å². The predicted octanol–water partition coefficient (Wildman–Crippen LogP) is 0.862. The van der Waals surface area contributed by atoms with Crippen LogP contribution in [0.2, 0.25) is 0 Å². The summed E-state index contributed by atoms with van der Waals surface area (Å²) in [6.07, 6.45) is 0. The standard InChI is InChI=1S/C14H15FN2O3/c1-2-20-14(19)12-11(8-17-13(12)18)16-7-9-3-5-10(15)6-4-9/h3-6,16H,2,7-8H2,1H3,(H,17,18). The molecule has 0 aliphatic carbocycles. The number of ether oxygens (including phenoxy) is 1. The van der Waals surface area contributed by atoms with Crippen LogP contribution < -0.4 is 10.6 Å².